The Labute approximate surface area is 435 Å². The van der Waals surface area contributed by atoms with Gasteiger partial charge < -0.3 is 63.4 Å². The summed E-state index contributed by atoms with van der Waals surface area (Å²) in [7, 11) is 0. The molecule has 21 nitrogen and oxygen atoms in total. The lowest BCUT2D eigenvalue weighted by Gasteiger charge is -2.28. The van der Waals surface area contributed by atoms with Crippen LogP contribution < -0.4 is 49.6 Å². The van der Waals surface area contributed by atoms with E-state index in [-0.39, 0.29) is 75.7 Å². The van der Waals surface area contributed by atoms with Crippen molar-refractivity contribution < 1.29 is 58.5 Å². The van der Waals surface area contributed by atoms with Crippen LogP contribution in [0.25, 0.3) is 0 Å². The molecule has 3 aliphatic carbocycles. The molecule has 69 heavy (non-hydrogen) atoms. The number of nitrogens with one attached hydrogen (secondary N) is 6. The first-order chi connectivity index (χ1) is 40.7. The van der Waals surface area contributed by atoms with Gasteiger partial charge in [0.05, 0.1) is 57.2 Å². The summed E-state index contributed by atoms with van der Waals surface area (Å²) in [6, 6.07) is -1.09. The smallest absolute Gasteiger partial charge is 0.254 e. The summed E-state index contributed by atoms with van der Waals surface area (Å²) in [4.78, 5) is 67.9. The molecular weight excluding hydrogens is 883 g/mol. The maximum atomic E-state index is 11.9. The quantitative estimate of drug-likeness (QED) is 0.147. The predicted molar refractivity (Wildman–Crippen MR) is 267 cm³/mol. The number of hydrogen-bond acceptors (Lipinski definition) is 15. The minimum Gasteiger partial charge on any atom is -0.393 e. The summed E-state index contributed by atoms with van der Waals surface area (Å²) >= 11 is 0. The van der Waals surface area contributed by atoms with Crippen molar-refractivity contribution in [2.24, 2.45) is 49.9 Å². The number of nitrogens with zero attached hydrogens (tertiary/aromatic N) is 6. The normalized spacial score (nSPS) is 31.7. The van der Waals surface area contributed by atoms with Gasteiger partial charge in [-0.1, -0.05) is 20.8 Å². The van der Waals surface area contributed by atoms with Crippen molar-refractivity contribution in [1.82, 2.24) is 29.9 Å². The second kappa shape index (κ2) is 23.8. The number of rotatable bonds is 9. The zero-order valence-corrected chi connectivity index (χ0v) is 39.5. The van der Waals surface area contributed by atoms with E-state index in [4.69, 9.17) is 46.0 Å². The summed E-state index contributed by atoms with van der Waals surface area (Å²) in [6.45, 7) is -9.18. The molecule has 3 aliphatic rings. The van der Waals surface area contributed by atoms with Gasteiger partial charge >= 0.3 is 0 Å². The number of anilines is 3. The van der Waals surface area contributed by atoms with E-state index >= 15 is 0 Å². The average Bonchev–Trinajstić information content (AvgIpc) is 0.735. The lowest BCUT2D eigenvalue weighted by molar-refractivity contribution is 0.0702. The Hall–Kier alpha value is -5.67. The minimum atomic E-state index is -3.56. The van der Waals surface area contributed by atoms with Crippen molar-refractivity contribution in [2.45, 2.75) is 193 Å². The number of amides is 3. The molecule has 15 N–H and O–H groups in total. The lowest BCUT2D eigenvalue weighted by Crippen LogP contribution is -2.34. The third-order valence-electron chi connectivity index (χ3n) is 11.4. The molecule has 3 fully saturated rings. The lowest BCUT2D eigenvalue weighted by atomic mass is 9.85. The van der Waals surface area contributed by atoms with Gasteiger partial charge in [-0.05, 0) is 137 Å². The summed E-state index contributed by atoms with van der Waals surface area (Å²) in [5.74, 6) is -3.60. The van der Waals surface area contributed by atoms with Gasteiger partial charge in [0.15, 0.2) is 0 Å². The first kappa shape index (κ1) is 32.3. The number of nitrogens with two attached hydrogens (primary N) is 3. The number of carbonyl (C=O) groups excluding carboxylic acids is 3. The van der Waals surface area contributed by atoms with E-state index in [0.29, 0.717) is 38.5 Å². The molecule has 9 unspecified atom stereocenters. The van der Waals surface area contributed by atoms with Crippen LogP contribution in [0.5, 0.6) is 0 Å². The number of aromatic amines is 3. The van der Waals surface area contributed by atoms with Gasteiger partial charge in [-0.15, -0.1) is 0 Å². The third kappa shape index (κ3) is 18.3. The van der Waals surface area contributed by atoms with Crippen molar-refractivity contribution in [3.05, 3.63) is 51.7 Å². The Bertz CT molecular complexity index is 3220. The highest BCUT2D eigenvalue weighted by molar-refractivity contribution is 5.93. The van der Waals surface area contributed by atoms with Crippen LogP contribution in [-0.2, 0) is 0 Å². The minimum absolute atomic E-state index is 0.00889. The zero-order valence-electron chi connectivity index (χ0n) is 60.5. The molecule has 3 heterocycles. The van der Waals surface area contributed by atoms with Crippen molar-refractivity contribution in [3.63, 3.8) is 0 Å². The summed E-state index contributed by atoms with van der Waals surface area (Å²) < 4.78 is 162. The first-order valence-electron chi connectivity index (χ1n) is 32.9. The molecule has 0 saturated heterocycles. The Morgan fingerprint density at radius 3 is 1.09 bits per heavy atom. The molecule has 3 saturated carbocycles. The van der Waals surface area contributed by atoms with Crippen LogP contribution in [0.1, 0.15) is 200 Å². The number of carbonyl (C=O) groups is 3. The van der Waals surface area contributed by atoms with E-state index in [1.807, 2.05) is 26.1 Å². The van der Waals surface area contributed by atoms with Crippen molar-refractivity contribution in [3.8, 4) is 0 Å². The van der Waals surface area contributed by atoms with Crippen LogP contribution in [0.4, 0.5) is 17.8 Å². The van der Waals surface area contributed by atoms with Gasteiger partial charge in [-0.3, -0.25) is 29.4 Å². The highest BCUT2D eigenvalue weighted by Gasteiger charge is 2.28. The molecule has 6 rings (SSSR count). The fourth-order valence-corrected chi connectivity index (χ4v) is 7.53. The average molecular weight is 985 g/mol. The topological polar surface area (TPSA) is 349 Å². The molecule has 0 aromatic carbocycles. The number of aliphatic hydroxyl groups excluding tert-OH is 3. The van der Waals surface area contributed by atoms with Crippen LogP contribution in [-0.4, -0.2) is 116 Å². The van der Waals surface area contributed by atoms with Crippen LogP contribution in [0, 0.1) is 17.8 Å². The summed E-state index contributed by atoms with van der Waals surface area (Å²) in [5.41, 5.74) is 7.63. The molecule has 3 aromatic heterocycles. The number of primary amides is 3. The second-order valence-electron chi connectivity index (χ2n) is 18.7. The Balaban J connectivity index is 0.000000290. The van der Waals surface area contributed by atoms with Crippen molar-refractivity contribution in [2.75, 3.05) is 16.0 Å². The van der Waals surface area contributed by atoms with Crippen molar-refractivity contribution in [1.29, 1.82) is 0 Å². The van der Waals surface area contributed by atoms with Gasteiger partial charge in [0.1, 0.15) is 16.5 Å². The molecule has 3 amide bonds. The Morgan fingerprint density at radius 1 is 0.551 bits per heavy atom. The largest absolute Gasteiger partial charge is 0.393 e. The molecule has 0 aliphatic heterocycles. The highest BCUT2D eigenvalue weighted by atomic mass is 16.3. The van der Waals surface area contributed by atoms with E-state index in [0.717, 1.165) is 19.8 Å². The van der Waals surface area contributed by atoms with Crippen LogP contribution in [0.15, 0.2) is 33.5 Å². The molecule has 9 atom stereocenters. The van der Waals surface area contributed by atoms with E-state index < -0.39 is 130 Å². The number of H-pyrrole nitrogens is 3. The fraction of sp³-hybridized carbons (Fsp3) is 0.688. The highest BCUT2D eigenvalue weighted by Crippen LogP contribution is 2.28. The maximum absolute atomic E-state index is 11.9. The first-order valence-corrected chi connectivity index (χ1v) is 22.4. The van der Waals surface area contributed by atoms with Gasteiger partial charge in [0.25, 0.3) is 17.7 Å². The van der Waals surface area contributed by atoms with E-state index in [1.54, 1.807) is 0 Å². The summed E-state index contributed by atoms with van der Waals surface area (Å²) in [5, 5.41) is 37.4. The third-order valence-corrected chi connectivity index (χ3v) is 11.4. The molecule has 21 heteroatoms. The van der Waals surface area contributed by atoms with Gasteiger partial charge in [-0.2, -0.15) is 0 Å². The van der Waals surface area contributed by atoms with E-state index in [9.17, 15) is 29.7 Å². The number of aliphatic hydroxyl groups is 3. The fourth-order valence-electron chi connectivity index (χ4n) is 7.53. The van der Waals surface area contributed by atoms with Crippen LogP contribution >= 0.6 is 0 Å². The zero-order chi connectivity index (χ0) is 69.2. The molecule has 0 bridgehead atoms. The van der Waals surface area contributed by atoms with Gasteiger partial charge in [0.2, 0.25) is 17.8 Å². The molecule has 0 radical (unpaired) electrons. The molecule has 3 aromatic rings. The van der Waals surface area contributed by atoms with Crippen molar-refractivity contribution >= 4 is 35.6 Å². The summed E-state index contributed by atoms with van der Waals surface area (Å²) in [6.07, 6.45) is 1.58. The number of hydrogen-bond donors (Lipinski definition) is 12. The molecule has 384 valence electrons. The van der Waals surface area contributed by atoms with Gasteiger partial charge in [-0.25, -0.2) is 15.0 Å². The van der Waals surface area contributed by atoms with E-state index in [2.05, 4.69) is 55.5 Å². The monoisotopic (exact) mass is 985 g/mol. The number of aromatic nitrogens is 6. The molecule has 0 spiro atoms. The van der Waals surface area contributed by atoms with Gasteiger partial charge in [0, 0.05) is 59.8 Å². The van der Waals surface area contributed by atoms with Crippen LogP contribution in [0.3, 0.4) is 0 Å². The standard InChI is InChI=1S/3C16H27N5O2/c3*1-9-5-6-10(7-12(9)22)19-14-11(13(17)23)8-18-15(20-14)21-16(2,3)4/h3*8-10,12,22H,5-7H2,1-4H3,(H2,17,23)(H2,18,19,20,21)/i2D3,3D3,4D3,8D;2D3,3D3,8D;2D3,8D. The van der Waals surface area contributed by atoms with Crippen LogP contribution in [0.2, 0.25) is 0 Å². The SMILES string of the molecule is [2H]c1nc(NC(C([2H])([2H])[2H])(C([2H])([2H])[2H])C([2H])([2H])[2H])[nH]c(=NC2CCC(C)C(O)C2)c1C(N)=O.[2H]c1nc(NC(C)(C([2H])([2H])[2H])C([2H])([2H])[2H])[nH]c(=NC2CCC(C)C(O)C2)c1C(N)=O.[2H]c1nc(NC(C)(C)C([2H])([2H])[2H])[nH]c(=NC2CCC(C)C(O)C2)c1C(N)=O. The second-order valence-corrected chi connectivity index (χ2v) is 18.7. The molecular formula is C48H81N15O6. The Kier molecular flexibility index (Phi) is 11.1. The predicted octanol–water partition coefficient (Wildman–Crippen LogP) is 3.51. The van der Waals surface area contributed by atoms with E-state index in [1.165, 1.54) is 13.8 Å². The Morgan fingerprint density at radius 2 is 0.826 bits per heavy atom. The maximum Gasteiger partial charge on any atom is 0.254 e.